The van der Waals surface area contributed by atoms with E-state index in [1.54, 1.807) is 12.1 Å². The number of anilines is 1. The third-order valence-corrected chi connectivity index (χ3v) is 3.99. The predicted molar refractivity (Wildman–Crippen MR) is 57.3 cm³/mol. The van der Waals surface area contributed by atoms with E-state index in [2.05, 4.69) is 10.4 Å². The van der Waals surface area contributed by atoms with E-state index >= 15 is 0 Å². The molecule has 1 unspecified atom stereocenters. The first-order valence-electron chi connectivity index (χ1n) is 4.20. The molecule has 0 aliphatic rings. The second kappa shape index (κ2) is 3.48. The molecule has 2 rings (SSSR count). The second-order valence-electron chi connectivity index (χ2n) is 3.01. The predicted octanol–water partition coefficient (Wildman–Crippen LogP) is 0.170. The van der Waals surface area contributed by atoms with Gasteiger partial charge in [0.05, 0.1) is 11.5 Å². The molecular weight excluding hydrogens is 214 g/mol. The van der Waals surface area contributed by atoms with E-state index in [1.165, 1.54) is 6.07 Å². The molecule has 78 valence electrons. The number of aromatic nitrogens is 1. The fraction of sp³-hybridized carbons (Fsp3) is 0.111. The van der Waals surface area contributed by atoms with Gasteiger partial charge in [0, 0.05) is 10.5 Å². The molecule has 0 fully saturated rings. The van der Waals surface area contributed by atoms with Crippen LogP contribution in [0.25, 0.3) is 10.2 Å². The lowest BCUT2D eigenvalue weighted by molar-refractivity contribution is -0.254. The van der Waals surface area contributed by atoms with Crippen molar-refractivity contribution in [2.75, 3.05) is 5.43 Å². The summed E-state index contributed by atoms with van der Waals surface area (Å²) in [5.41, 5.74) is 3.31. The van der Waals surface area contributed by atoms with Crippen LogP contribution in [-0.2, 0) is 6.26 Å². The Kier molecular flexibility index (Phi) is 2.29. The van der Waals surface area contributed by atoms with Gasteiger partial charge in [-0.25, -0.2) is 5.84 Å². The number of hydrazine groups is 1. The Labute approximate surface area is 88.5 Å². The summed E-state index contributed by atoms with van der Waals surface area (Å²) < 4.78 is 0.686. The van der Waals surface area contributed by atoms with Gasteiger partial charge in [0.15, 0.2) is 0 Å². The summed E-state index contributed by atoms with van der Waals surface area (Å²) in [6.45, 7) is 0. The lowest BCUT2D eigenvalue weighted by atomic mass is 10.2. The summed E-state index contributed by atoms with van der Waals surface area (Å²) in [6, 6.07) is 4.92. The van der Waals surface area contributed by atoms with Crippen LogP contribution in [0.1, 0.15) is 10.4 Å². The van der Waals surface area contributed by atoms with Crippen molar-refractivity contribution in [1.82, 2.24) is 4.98 Å². The Balaban J connectivity index is 2.84. The first-order chi connectivity index (χ1) is 7.15. The molecule has 0 aliphatic carbocycles. The lowest BCUT2D eigenvalue weighted by Crippen LogP contribution is -2.22. The van der Waals surface area contributed by atoms with E-state index < -0.39 is 16.4 Å². The van der Waals surface area contributed by atoms with E-state index in [0.717, 1.165) is 0 Å². The topological polar surface area (TPSA) is 91.1 Å². The van der Waals surface area contributed by atoms with E-state index in [-0.39, 0.29) is 5.56 Å². The van der Waals surface area contributed by atoms with Gasteiger partial charge in [0.25, 0.3) is 0 Å². The van der Waals surface area contributed by atoms with Gasteiger partial charge in [0.2, 0.25) is 4.70 Å². The molecule has 0 aliphatic heterocycles. The summed E-state index contributed by atoms with van der Waals surface area (Å²) >= 11 is 0. The van der Waals surface area contributed by atoms with Gasteiger partial charge < -0.3 is 9.90 Å². The molecule has 0 amide bonds. The number of nitrogens with two attached hydrogens (primary N) is 1. The molecule has 0 radical (unpaired) electrons. The summed E-state index contributed by atoms with van der Waals surface area (Å²) in [5.74, 6) is 4.11. The van der Waals surface area contributed by atoms with Crippen LogP contribution in [0.4, 0.5) is 5.13 Å². The number of carbonyl (C=O) groups excluding carboxylic acids is 1. The number of nitrogen functional groups attached to an aromatic ring is 1. The fourth-order valence-corrected chi connectivity index (χ4v) is 3.00. The number of aryl methyl sites for hydroxylation is 1. The molecule has 1 aromatic carbocycles. The van der Waals surface area contributed by atoms with E-state index in [4.69, 9.17) is 5.84 Å². The number of hydrogen-bond acceptors (Lipinski definition) is 5. The number of carboxylic acids is 1. The number of carbonyl (C=O) groups is 1. The molecule has 0 bridgehead atoms. The van der Waals surface area contributed by atoms with E-state index in [1.807, 2.05) is 6.26 Å². The molecule has 0 spiro atoms. The van der Waals surface area contributed by atoms with Gasteiger partial charge in [-0.2, -0.15) is 4.98 Å². The average molecular weight is 223 g/mol. The van der Waals surface area contributed by atoms with Gasteiger partial charge in [-0.05, 0) is 12.1 Å². The summed E-state index contributed by atoms with van der Waals surface area (Å²) in [5, 5.41) is 11.5. The number of carboxylic acid groups (broad SMARTS) is 1. The zero-order chi connectivity index (χ0) is 11.0. The molecule has 0 saturated carbocycles. The molecule has 1 aromatic heterocycles. The first kappa shape index (κ1) is 9.88. The standard InChI is InChI=1S/C9H9N3O2S/c1-15-7-5(8(13)14)3-2-4-6(7)11-9(15)12-10/h2-4H,10H2,1H3,(H-,11,12,13,14). The Hall–Kier alpha value is -1.66. The number of nitrogens with one attached hydrogen (secondary N) is 1. The molecule has 5 nitrogen and oxygen atoms in total. The summed E-state index contributed by atoms with van der Waals surface area (Å²) in [4.78, 5) is 15.1. The smallest absolute Gasteiger partial charge is 0.354 e. The summed E-state index contributed by atoms with van der Waals surface area (Å²) in [7, 11) is -0.425. The van der Waals surface area contributed by atoms with Crippen molar-refractivity contribution in [2.45, 2.75) is 0 Å². The molecule has 1 heterocycles. The van der Waals surface area contributed by atoms with Crippen molar-refractivity contribution in [3.8, 4) is 0 Å². The molecule has 15 heavy (non-hydrogen) atoms. The maximum absolute atomic E-state index is 10.9. The SMILES string of the molecule is C[s+]1c(NN)nc2cccc(C(=O)[O-])c21. The molecule has 3 N–H and O–H groups in total. The largest absolute Gasteiger partial charge is 0.545 e. The Morgan fingerprint density at radius 1 is 1.60 bits per heavy atom. The molecule has 0 saturated heterocycles. The number of nitrogens with zero attached hydrogens (tertiary/aromatic N) is 1. The van der Waals surface area contributed by atoms with E-state index in [0.29, 0.717) is 15.3 Å². The minimum Gasteiger partial charge on any atom is -0.545 e. The van der Waals surface area contributed by atoms with Crippen LogP contribution in [0, 0.1) is 0 Å². The van der Waals surface area contributed by atoms with Gasteiger partial charge >= 0.3 is 5.13 Å². The normalized spacial score (nSPS) is 11.7. The van der Waals surface area contributed by atoms with Gasteiger partial charge in [0.1, 0.15) is 11.8 Å². The van der Waals surface area contributed by atoms with Crippen molar-refractivity contribution in [3.05, 3.63) is 23.8 Å². The number of hydrogen-bond donors (Lipinski definition) is 2. The van der Waals surface area contributed by atoms with Crippen molar-refractivity contribution in [2.24, 2.45) is 12.1 Å². The number of aromatic carboxylic acids is 1. The van der Waals surface area contributed by atoms with Crippen molar-refractivity contribution < 1.29 is 9.90 Å². The third-order valence-electron chi connectivity index (χ3n) is 2.16. The quantitative estimate of drug-likeness (QED) is 0.430. The zero-order valence-electron chi connectivity index (χ0n) is 7.98. The van der Waals surface area contributed by atoms with Crippen LogP contribution in [0.3, 0.4) is 0 Å². The molecular formula is C9H9N3O2S. The van der Waals surface area contributed by atoms with Crippen LogP contribution >= 0.6 is 10.5 Å². The highest BCUT2D eigenvalue weighted by Crippen LogP contribution is 2.36. The molecule has 6 heteroatoms. The minimum atomic E-state index is -1.18. The van der Waals surface area contributed by atoms with Crippen LogP contribution in [0.5, 0.6) is 0 Å². The second-order valence-corrected chi connectivity index (χ2v) is 4.83. The van der Waals surface area contributed by atoms with E-state index in [9.17, 15) is 9.90 Å². The van der Waals surface area contributed by atoms with Crippen LogP contribution in [0.2, 0.25) is 0 Å². The van der Waals surface area contributed by atoms with Crippen molar-refractivity contribution in [1.29, 1.82) is 0 Å². The lowest BCUT2D eigenvalue weighted by Gasteiger charge is -1.99. The van der Waals surface area contributed by atoms with Gasteiger partial charge in [-0.15, -0.1) is 0 Å². The Bertz CT molecular complexity index is 535. The fourth-order valence-electron chi connectivity index (χ4n) is 1.49. The maximum atomic E-state index is 10.9. The number of thiazole rings is 1. The Morgan fingerprint density at radius 3 is 2.93 bits per heavy atom. The highest BCUT2D eigenvalue weighted by molar-refractivity contribution is 7.38. The summed E-state index contributed by atoms with van der Waals surface area (Å²) in [6.07, 6.45) is 1.87. The monoisotopic (exact) mass is 223 g/mol. The number of benzene rings is 1. The third kappa shape index (κ3) is 1.43. The average Bonchev–Trinajstić information content (AvgIpc) is 2.55. The van der Waals surface area contributed by atoms with Crippen molar-refractivity contribution in [3.63, 3.8) is 0 Å². The zero-order valence-corrected chi connectivity index (χ0v) is 8.80. The molecule has 1 atom stereocenters. The first-order valence-corrected chi connectivity index (χ1v) is 5.84. The maximum Gasteiger partial charge on any atom is 0.354 e. The van der Waals surface area contributed by atoms with Crippen molar-refractivity contribution >= 4 is 31.8 Å². The van der Waals surface area contributed by atoms with Gasteiger partial charge in [-0.1, -0.05) is 6.07 Å². The van der Waals surface area contributed by atoms with Crippen LogP contribution < -0.4 is 16.4 Å². The highest BCUT2D eigenvalue weighted by Gasteiger charge is 2.21. The highest BCUT2D eigenvalue weighted by atomic mass is 32.2. The number of rotatable bonds is 2. The van der Waals surface area contributed by atoms with Gasteiger partial charge in [-0.3, -0.25) is 5.43 Å². The molecule has 2 aromatic rings. The Morgan fingerprint density at radius 2 is 2.33 bits per heavy atom. The minimum absolute atomic E-state index is 0.187. The van der Waals surface area contributed by atoms with Crippen LogP contribution in [0.15, 0.2) is 18.2 Å². The number of fused-ring (bicyclic) bond motifs is 1. The van der Waals surface area contributed by atoms with Crippen LogP contribution in [-0.4, -0.2) is 11.0 Å².